The number of aromatic nitrogens is 1. The lowest BCUT2D eigenvalue weighted by molar-refractivity contribution is 0.386. The van der Waals surface area contributed by atoms with Crippen LogP contribution in [0.1, 0.15) is 11.3 Å². The second-order valence-corrected chi connectivity index (χ2v) is 8.73. The Hall–Kier alpha value is -2.23. The summed E-state index contributed by atoms with van der Waals surface area (Å²) in [6.07, 6.45) is 1.48. The normalized spacial score (nSPS) is 11.8. The van der Waals surface area contributed by atoms with Gasteiger partial charge in [0.05, 0.1) is 12.2 Å². The highest BCUT2D eigenvalue weighted by Crippen LogP contribution is 2.25. The van der Waals surface area contributed by atoms with Crippen molar-refractivity contribution in [1.29, 1.82) is 0 Å². The lowest BCUT2D eigenvalue weighted by Crippen LogP contribution is -2.31. The van der Waals surface area contributed by atoms with Crippen LogP contribution < -0.4 is 0 Å². The Labute approximate surface area is 168 Å². The van der Waals surface area contributed by atoms with Crippen molar-refractivity contribution in [3.8, 4) is 0 Å². The number of sulfonamides is 1. The van der Waals surface area contributed by atoms with Gasteiger partial charge in [-0.3, -0.25) is 4.98 Å². The molecule has 0 N–H and O–H groups in total. The molecule has 0 fully saturated rings. The summed E-state index contributed by atoms with van der Waals surface area (Å²) < 4.78 is 69.5. The van der Waals surface area contributed by atoms with Gasteiger partial charge in [0.2, 0.25) is 10.0 Å². The monoisotopic (exact) mass is 470 g/mol. The predicted molar refractivity (Wildman–Crippen MR) is 101 cm³/mol. The van der Waals surface area contributed by atoms with Gasteiger partial charge < -0.3 is 0 Å². The van der Waals surface area contributed by atoms with E-state index in [1.807, 2.05) is 0 Å². The number of rotatable bonds is 6. The molecule has 1 heterocycles. The maximum absolute atomic E-state index is 14.3. The summed E-state index contributed by atoms with van der Waals surface area (Å²) in [5.41, 5.74) is 0.458. The SMILES string of the molecule is O=S(=O)(c1cc(F)ccc1F)N(Cc1ccccn1)Cc1ccc(Br)cc1F. The van der Waals surface area contributed by atoms with E-state index in [0.717, 1.165) is 16.4 Å². The van der Waals surface area contributed by atoms with Gasteiger partial charge in [-0.15, -0.1) is 0 Å². The molecule has 0 aliphatic carbocycles. The van der Waals surface area contributed by atoms with Crippen LogP contribution in [0.3, 0.4) is 0 Å². The van der Waals surface area contributed by atoms with Crippen molar-refractivity contribution in [2.75, 3.05) is 0 Å². The molecule has 0 radical (unpaired) electrons. The fourth-order valence-electron chi connectivity index (χ4n) is 2.55. The van der Waals surface area contributed by atoms with E-state index in [9.17, 15) is 21.6 Å². The van der Waals surface area contributed by atoms with E-state index in [2.05, 4.69) is 20.9 Å². The van der Waals surface area contributed by atoms with E-state index in [-0.39, 0.29) is 18.7 Å². The van der Waals surface area contributed by atoms with Gasteiger partial charge in [-0.25, -0.2) is 21.6 Å². The fraction of sp³-hybridized carbons (Fsp3) is 0.105. The Morgan fingerprint density at radius 1 is 0.929 bits per heavy atom. The van der Waals surface area contributed by atoms with Crippen molar-refractivity contribution in [2.24, 2.45) is 0 Å². The lowest BCUT2D eigenvalue weighted by atomic mass is 10.2. The summed E-state index contributed by atoms with van der Waals surface area (Å²) in [6.45, 7) is -0.622. The smallest absolute Gasteiger partial charge is 0.246 e. The molecular formula is C19H14BrF3N2O2S. The van der Waals surface area contributed by atoms with Crippen molar-refractivity contribution in [1.82, 2.24) is 9.29 Å². The molecule has 0 aliphatic heterocycles. The van der Waals surface area contributed by atoms with Crippen LogP contribution in [0.5, 0.6) is 0 Å². The molecule has 3 aromatic rings. The minimum atomic E-state index is -4.48. The lowest BCUT2D eigenvalue weighted by Gasteiger charge is -2.22. The first-order valence-electron chi connectivity index (χ1n) is 8.06. The van der Waals surface area contributed by atoms with Gasteiger partial charge >= 0.3 is 0 Å². The summed E-state index contributed by atoms with van der Waals surface area (Å²) >= 11 is 3.14. The summed E-state index contributed by atoms with van der Waals surface area (Å²) in [5.74, 6) is -2.62. The third-order valence-electron chi connectivity index (χ3n) is 3.94. The average Bonchev–Trinajstić information content (AvgIpc) is 2.66. The largest absolute Gasteiger partial charge is 0.260 e. The third-order valence-corrected chi connectivity index (χ3v) is 6.24. The molecule has 0 saturated carbocycles. The Morgan fingerprint density at radius 3 is 2.39 bits per heavy atom. The highest BCUT2D eigenvalue weighted by atomic mass is 79.9. The average molecular weight is 471 g/mol. The van der Waals surface area contributed by atoms with Crippen molar-refractivity contribution in [3.05, 3.63) is 94.0 Å². The van der Waals surface area contributed by atoms with E-state index in [4.69, 9.17) is 0 Å². The second-order valence-electron chi connectivity index (χ2n) is 5.90. The Bertz CT molecular complexity index is 1100. The summed E-state index contributed by atoms with van der Waals surface area (Å²) in [6, 6.07) is 11.3. The van der Waals surface area contributed by atoms with Gasteiger partial charge in [-0.2, -0.15) is 4.31 Å². The molecule has 3 rings (SSSR count). The van der Waals surface area contributed by atoms with Gasteiger partial charge in [0.15, 0.2) is 0 Å². The van der Waals surface area contributed by atoms with Crippen molar-refractivity contribution in [3.63, 3.8) is 0 Å². The first-order chi connectivity index (χ1) is 13.3. The summed E-state index contributed by atoms with van der Waals surface area (Å²) in [4.78, 5) is 3.25. The van der Waals surface area contributed by atoms with E-state index in [1.165, 1.54) is 18.3 Å². The van der Waals surface area contributed by atoms with Crippen LogP contribution in [-0.2, 0) is 23.1 Å². The maximum Gasteiger partial charge on any atom is 0.246 e. The number of hydrogen-bond donors (Lipinski definition) is 0. The topological polar surface area (TPSA) is 50.3 Å². The van der Waals surface area contributed by atoms with E-state index in [1.54, 1.807) is 24.3 Å². The molecule has 1 aromatic heterocycles. The van der Waals surface area contributed by atoms with Crippen molar-refractivity contribution in [2.45, 2.75) is 18.0 Å². The van der Waals surface area contributed by atoms with Crippen LogP contribution in [0.15, 0.2) is 70.2 Å². The van der Waals surface area contributed by atoms with Crippen molar-refractivity contribution >= 4 is 26.0 Å². The molecule has 146 valence electrons. The Morgan fingerprint density at radius 2 is 1.71 bits per heavy atom. The number of hydrogen-bond acceptors (Lipinski definition) is 3. The van der Waals surface area contributed by atoms with Crippen LogP contribution in [0.2, 0.25) is 0 Å². The van der Waals surface area contributed by atoms with Gasteiger partial charge in [0.25, 0.3) is 0 Å². The summed E-state index contributed by atoms with van der Waals surface area (Å²) in [7, 11) is -4.48. The second kappa shape index (κ2) is 8.42. The molecule has 0 spiro atoms. The number of benzene rings is 2. The molecule has 4 nitrogen and oxygen atoms in total. The molecule has 28 heavy (non-hydrogen) atoms. The number of halogens is 4. The van der Waals surface area contributed by atoms with Gasteiger partial charge in [-0.1, -0.05) is 28.1 Å². The first-order valence-corrected chi connectivity index (χ1v) is 10.3. The van der Waals surface area contributed by atoms with Crippen LogP contribution in [0, 0.1) is 17.5 Å². The van der Waals surface area contributed by atoms with E-state index >= 15 is 0 Å². The fourth-order valence-corrected chi connectivity index (χ4v) is 4.35. The number of pyridine rings is 1. The van der Waals surface area contributed by atoms with E-state index < -0.39 is 32.4 Å². The van der Waals surface area contributed by atoms with E-state index in [0.29, 0.717) is 16.2 Å². The molecule has 9 heteroatoms. The molecule has 2 aromatic carbocycles. The zero-order chi connectivity index (χ0) is 20.3. The molecule has 0 saturated heterocycles. The van der Waals surface area contributed by atoms with Crippen LogP contribution in [-0.4, -0.2) is 17.7 Å². The zero-order valence-corrected chi connectivity index (χ0v) is 16.7. The van der Waals surface area contributed by atoms with Crippen LogP contribution in [0.25, 0.3) is 0 Å². The zero-order valence-electron chi connectivity index (χ0n) is 14.3. The van der Waals surface area contributed by atoms with Gasteiger partial charge in [-0.05, 0) is 42.5 Å². The summed E-state index contributed by atoms with van der Waals surface area (Å²) in [5, 5.41) is 0. The Kier molecular flexibility index (Phi) is 6.17. The Balaban J connectivity index is 2.05. The molecular weight excluding hydrogens is 457 g/mol. The standard InChI is InChI=1S/C19H14BrF3N2O2S/c20-14-5-4-13(18(23)9-14)11-25(12-16-3-1-2-8-24-16)28(26,27)19-10-15(21)6-7-17(19)22/h1-10H,11-12H2. The highest BCUT2D eigenvalue weighted by Gasteiger charge is 2.29. The van der Waals surface area contributed by atoms with Gasteiger partial charge in [0, 0.05) is 22.8 Å². The van der Waals surface area contributed by atoms with Crippen LogP contribution >= 0.6 is 15.9 Å². The van der Waals surface area contributed by atoms with Gasteiger partial charge in [0.1, 0.15) is 22.3 Å². The minimum absolute atomic E-state index is 0.0829. The molecule has 0 unspecified atom stereocenters. The molecule has 0 aliphatic rings. The molecule has 0 amide bonds. The number of nitrogens with zero attached hydrogens (tertiary/aromatic N) is 2. The third kappa shape index (κ3) is 4.60. The minimum Gasteiger partial charge on any atom is -0.260 e. The highest BCUT2D eigenvalue weighted by molar-refractivity contribution is 9.10. The van der Waals surface area contributed by atoms with Crippen molar-refractivity contribution < 1.29 is 21.6 Å². The predicted octanol–water partition coefficient (Wildman–Crippen LogP) is 4.65. The molecule has 0 atom stereocenters. The first kappa shape index (κ1) is 20.5. The molecule has 0 bridgehead atoms. The quantitative estimate of drug-likeness (QED) is 0.526. The maximum atomic E-state index is 14.3. The van der Waals surface area contributed by atoms with Crippen LogP contribution in [0.4, 0.5) is 13.2 Å².